The number of hydrogen-bond acceptors (Lipinski definition) is 6. The van der Waals surface area contributed by atoms with E-state index in [1.165, 1.54) is 15.8 Å². The molecule has 3 heterocycles. The van der Waals surface area contributed by atoms with E-state index in [-0.39, 0.29) is 17.4 Å². The highest BCUT2D eigenvalue weighted by Gasteiger charge is 2.32. The number of fused-ring (bicyclic) bond motifs is 1. The van der Waals surface area contributed by atoms with Gasteiger partial charge in [-0.05, 0) is 57.1 Å². The summed E-state index contributed by atoms with van der Waals surface area (Å²) in [5.41, 5.74) is 0.610. The number of rotatable bonds is 4. The normalized spacial score (nSPS) is 17.1. The van der Waals surface area contributed by atoms with Crippen molar-refractivity contribution in [1.82, 2.24) is 20.0 Å². The van der Waals surface area contributed by atoms with Crippen molar-refractivity contribution in [2.75, 3.05) is 13.1 Å². The SMILES string of the molecule is C[C@H](c1nc(-c2cccc(C(F)(F)F)c2)no1)N1CCC(c2nc3ccccc3s2)CC1. The molecule has 0 bridgehead atoms. The van der Waals surface area contributed by atoms with Crippen LogP contribution in [-0.2, 0) is 6.18 Å². The van der Waals surface area contributed by atoms with Crippen molar-refractivity contribution >= 4 is 21.6 Å². The molecular weight excluding hydrogens is 437 g/mol. The van der Waals surface area contributed by atoms with Crippen LogP contribution in [0.1, 0.15) is 48.2 Å². The minimum atomic E-state index is -4.41. The number of halogens is 3. The summed E-state index contributed by atoms with van der Waals surface area (Å²) in [7, 11) is 0. The molecule has 0 N–H and O–H groups in total. The topological polar surface area (TPSA) is 55.1 Å². The molecule has 1 aliphatic rings. The highest BCUT2D eigenvalue weighted by Crippen LogP contribution is 2.36. The van der Waals surface area contributed by atoms with Gasteiger partial charge in [-0.3, -0.25) is 4.90 Å². The van der Waals surface area contributed by atoms with Gasteiger partial charge in [-0.2, -0.15) is 18.2 Å². The number of piperidine rings is 1. The van der Waals surface area contributed by atoms with Gasteiger partial charge in [0.2, 0.25) is 11.7 Å². The van der Waals surface area contributed by atoms with Crippen LogP contribution in [0.3, 0.4) is 0 Å². The number of likely N-dealkylation sites (tertiary alicyclic amines) is 1. The van der Waals surface area contributed by atoms with Crippen LogP contribution >= 0.6 is 11.3 Å². The molecule has 5 rings (SSSR count). The Labute approximate surface area is 186 Å². The smallest absolute Gasteiger partial charge is 0.337 e. The third-order valence-electron chi connectivity index (χ3n) is 5.98. The number of aromatic nitrogens is 3. The van der Waals surface area contributed by atoms with Crippen molar-refractivity contribution < 1.29 is 17.7 Å². The van der Waals surface area contributed by atoms with Crippen molar-refractivity contribution in [3.05, 3.63) is 65.0 Å². The number of para-hydroxylation sites is 1. The van der Waals surface area contributed by atoms with Gasteiger partial charge in [0.05, 0.1) is 26.8 Å². The Morgan fingerprint density at radius 1 is 1.06 bits per heavy atom. The second-order valence-electron chi connectivity index (χ2n) is 8.04. The lowest BCUT2D eigenvalue weighted by Crippen LogP contribution is -2.35. The van der Waals surface area contributed by atoms with E-state index in [0.717, 1.165) is 43.6 Å². The number of benzene rings is 2. The molecule has 2 aromatic heterocycles. The molecule has 0 unspecified atom stereocenters. The van der Waals surface area contributed by atoms with Crippen molar-refractivity contribution in [2.45, 2.75) is 37.9 Å². The number of hydrogen-bond donors (Lipinski definition) is 0. The summed E-state index contributed by atoms with van der Waals surface area (Å²) in [6.07, 6.45) is -2.44. The van der Waals surface area contributed by atoms with Gasteiger partial charge >= 0.3 is 6.18 Å². The summed E-state index contributed by atoms with van der Waals surface area (Å²) in [5, 5.41) is 5.11. The van der Waals surface area contributed by atoms with E-state index in [2.05, 4.69) is 21.1 Å². The van der Waals surface area contributed by atoms with Crippen LogP contribution in [0.15, 0.2) is 53.1 Å². The summed E-state index contributed by atoms with van der Waals surface area (Å²) in [4.78, 5) is 11.5. The van der Waals surface area contributed by atoms with Gasteiger partial charge in [0.15, 0.2) is 0 Å². The Kier molecular flexibility index (Phi) is 5.46. The zero-order chi connectivity index (χ0) is 22.3. The second-order valence-corrected chi connectivity index (χ2v) is 9.10. The van der Waals surface area contributed by atoms with Crippen LogP contribution in [0, 0.1) is 0 Å². The van der Waals surface area contributed by atoms with Gasteiger partial charge in [-0.1, -0.05) is 29.4 Å². The fourth-order valence-electron chi connectivity index (χ4n) is 4.11. The van der Waals surface area contributed by atoms with Gasteiger partial charge in [0, 0.05) is 11.5 Å². The van der Waals surface area contributed by atoms with Crippen molar-refractivity contribution in [3.8, 4) is 11.4 Å². The molecule has 0 radical (unpaired) electrons. The maximum atomic E-state index is 13.0. The maximum absolute atomic E-state index is 13.0. The molecular formula is C23H21F3N4OS. The monoisotopic (exact) mass is 458 g/mol. The quantitative estimate of drug-likeness (QED) is 0.359. The number of thiazole rings is 1. The van der Waals surface area contributed by atoms with Crippen molar-refractivity contribution in [3.63, 3.8) is 0 Å². The molecule has 9 heteroatoms. The Hall–Kier alpha value is -2.78. The van der Waals surface area contributed by atoms with E-state index in [4.69, 9.17) is 9.51 Å². The fourth-order valence-corrected chi connectivity index (χ4v) is 5.25. The van der Waals surface area contributed by atoms with Crippen LogP contribution in [-0.4, -0.2) is 33.1 Å². The number of nitrogens with zero attached hydrogens (tertiary/aromatic N) is 4. The average molecular weight is 459 g/mol. The molecule has 1 fully saturated rings. The van der Waals surface area contributed by atoms with Gasteiger partial charge in [0.25, 0.3) is 0 Å². The Morgan fingerprint density at radius 2 is 1.84 bits per heavy atom. The first-order valence-corrected chi connectivity index (χ1v) is 11.3. The molecule has 1 atom stereocenters. The predicted octanol–water partition coefficient (Wildman–Crippen LogP) is 6.31. The molecule has 0 aliphatic carbocycles. The third kappa shape index (κ3) is 4.14. The summed E-state index contributed by atoms with van der Waals surface area (Å²) >= 11 is 1.76. The third-order valence-corrected chi connectivity index (χ3v) is 7.18. The minimum absolute atomic E-state index is 0.113. The highest BCUT2D eigenvalue weighted by atomic mass is 32.1. The first-order valence-electron chi connectivity index (χ1n) is 10.5. The van der Waals surface area contributed by atoms with E-state index in [0.29, 0.717) is 11.8 Å². The largest absolute Gasteiger partial charge is 0.416 e. The van der Waals surface area contributed by atoms with Gasteiger partial charge < -0.3 is 4.52 Å². The minimum Gasteiger partial charge on any atom is -0.337 e. The summed E-state index contributed by atoms with van der Waals surface area (Å²) in [6, 6.07) is 13.1. The zero-order valence-electron chi connectivity index (χ0n) is 17.3. The molecule has 1 aliphatic heterocycles. The van der Waals surface area contributed by atoms with E-state index in [1.807, 2.05) is 25.1 Å². The van der Waals surface area contributed by atoms with Crippen LogP contribution in [0.4, 0.5) is 13.2 Å². The van der Waals surface area contributed by atoms with E-state index >= 15 is 0 Å². The highest BCUT2D eigenvalue weighted by molar-refractivity contribution is 7.18. The summed E-state index contributed by atoms with van der Waals surface area (Å²) < 4.78 is 45.6. The molecule has 2 aromatic carbocycles. The Bertz CT molecular complexity index is 1190. The molecule has 1 saturated heterocycles. The standard InChI is InChI=1S/C23H21F3N4OS/c1-14(21-28-20(29-31-21)16-5-4-6-17(13-16)23(24,25)26)30-11-9-15(10-12-30)22-27-18-7-2-3-8-19(18)32-22/h2-8,13-15H,9-12H2,1H3/t14-/m1/s1. The molecule has 4 aromatic rings. The van der Waals surface area contributed by atoms with Crippen LogP contribution in [0.2, 0.25) is 0 Å². The van der Waals surface area contributed by atoms with Crippen LogP contribution in [0.25, 0.3) is 21.6 Å². The van der Waals surface area contributed by atoms with Crippen molar-refractivity contribution in [1.29, 1.82) is 0 Å². The zero-order valence-corrected chi connectivity index (χ0v) is 18.2. The van der Waals surface area contributed by atoms with E-state index < -0.39 is 11.7 Å². The molecule has 0 amide bonds. The predicted molar refractivity (Wildman–Crippen MR) is 116 cm³/mol. The Balaban J connectivity index is 1.26. The van der Waals surface area contributed by atoms with Gasteiger partial charge in [-0.25, -0.2) is 4.98 Å². The molecule has 32 heavy (non-hydrogen) atoms. The summed E-state index contributed by atoms with van der Waals surface area (Å²) in [5.74, 6) is 1.01. The second kappa shape index (κ2) is 8.29. The average Bonchev–Trinajstić information content (AvgIpc) is 3.46. The fraction of sp³-hybridized carbons (Fsp3) is 0.348. The maximum Gasteiger partial charge on any atom is 0.416 e. The van der Waals surface area contributed by atoms with Crippen LogP contribution in [0.5, 0.6) is 0 Å². The van der Waals surface area contributed by atoms with E-state index in [9.17, 15) is 13.2 Å². The Morgan fingerprint density at radius 3 is 2.59 bits per heavy atom. The first kappa shape index (κ1) is 21.1. The molecule has 0 saturated carbocycles. The van der Waals surface area contributed by atoms with Gasteiger partial charge in [0.1, 0.15) is 0 Å². The van der Waals surface area contributed by atoms with Crippen LogP contribution < -0.4 is 0 Å². The van der Waals surface area contributed by atoms with E-state index in [1.54, 1.807) is 17.4 Å². The lowest BCUT2D eigenvalue weighted by atomic mass is 9.96. The molecule has 0 spiro atoms. The molecule has 5 nitrogen and oxygen atoms in total. The van der Waals surface area contributed by atoms with Crippen molar-refractivity contribution in [2.24, 2.45) is 0 Å². The molecule has 166 valence electrons. The summed E-state index contributed by atoms with van der Waals surface area (Å²) in [6.45, 7) is 3.72. The first-order chi connectivity index (χ1) is 15.4. The lowest BCUT2D eigenvalue weighted by molar-refractivity contribution is -0.137. The van der Waals surface area contributed by atoms with Gasteiger partial charge in [-0.15, -0.1) is 11.3 Å². The number of alkyl halides is 3. The lowest BCUT2D eigenvalue weighted by Gasteiger charge is -2.33.